The van der Waals surface area contributed by atoms with Crippen LogP contribution in [0.2, 0.25) is 0 Å². The van der Waals surface area contributed by atoms with E-state index in [1.165, 1.54) is 276 Å². The fourth-order valence-corrected chi connectivity index (χ4v) is 10.1. The lowest BCUT2D eigenvalue weighted by Gasteiger charge is -2.18. The van der Waals surface area contributed by atoms with Gasteiger partial charge in [0.2, 0.25) is 0 Å². The van der Waals surface area contributed by atoms with Crippen molar-refractivity contribution in [3.8, 4) is 0 Å². The van der Waals surface area contributed by atoms with E-state index in [1.807, 2.05) is 0 Å². The molecule has 0 rings (SSSR count). The van der Waals surface area contributed by atoms with Crippen molar-refractivity contribution in [3.05, 3.63) is 12.2 Å². The van der Waals surface area contributed by atoms with Crippen molar-refractivity contribution in [1.29, 1.82) is 0 Å². The molecule has 6 heteroatoms. The fourth-order valence-electron chi connectivity index (χ4n) is 10.1. The molecule has 0 aliphatic heterocycles. The smallest absolute Gasteiger partial charge is 0.306 e. The zero-order chi connectivity index (χ0) is 52.2. The number of carbonyl (C=O) groups excluding carboxylic acids is 3. The number of unbranched alkanes of at least 4 members (excludes halogenated alkanes) is 48. The Morgan fingerprint density at radius 3 is 0.694 bits per heavy atom. The van der Waals surface area contributed by atoms with Gasteiger partial charge in [0.05, 0.1) is 0 Å². The number of hydrogen-bond acceptors (Lipinski definition) is 6. The summed E-state index contributed by atoms with van der Waals surface area (Å²) < 4.78 is 17.0. The average Bonchev–Trinajstić information content (AvgIpc) is 3.38. The fraction of sp³-hybridized carbons (Fsp3) is 0.924. The third-order valence-electron chi connectivity index (χ3n) is 15.0. The molecule has 0 aromatic heterocycles. The van der Waals surface area contributed by atoms with Crippen LogP contribution in [0.5, 0.6) is 0 Å². The van der Waals surface area contributed by atoms with Gasteiger partial charge in [-0.15, -0.1) is 0 Å². The summed E-state index contributed by atoms with van der Waals surface area (Å²) in [4.78, 5) is 38.3. The number of ether oxygens (including phenoxy) is 3. The molecule has 0 heterocycles. The Labute approximate surface area is 450 Å². The van der Waals surface area contributed by atoms with E-state index in [4.69, 9.17) is 14.2 Å². The van der Waals surface area contributed by atoms with Crippen LogP contribution in [0.25, 0.3) is 0 Å². The first kappa shape index (κ1) is 70.1. The molecule has 0 aliphatic rings. The summed E-state index contributed by atoms with van der Waals surface area (Å²) in [5.74, 6) is -0.836. The monoisotopic (exact) mass is 1010 g/mol. The van der Waals surface area contributed by atoms with Crippen molar-refractivity contribution in [1.82, 2.24) is 0 Å². The van der Waals surface area contributed by atoms with Crippen molar-refractivity contribution < 1.29 is 28.6 Å². The molecule has 72 heavy (non-hydrogen) atoms. The summed E-state index contributed by atoms with van der Waals surface area (Å²) >= 11 is 0. The summed E-state index contributed by atoms with van der Waals surface area (Å²) in [6, 6.07) is 0. The van der Waals surface area contributed by atoms with Crippen LogP contribution in [-0.2, 0) is 28.6 Å². The van der Waals surface area contributed by atoms with Crippen LogP contribution in [0.4, 0.5) is 0 Å². The van der Waals surface area contributed by atoms with Gasteiger partial charge in [0.15, 0.2) is 6.10 Å². The zero-order valence-electron chi connectivity index (χ0n) is 49.0. The molecule has 0 aromatic rings. The molecule has 0 bridgehead atoms. The van der Waals surface area contributed by atoms with Gasteiger partial charge < -0.3 is 14.2 Å². The van der Waals surface area contributed by atoms with Gasteiger partial charge in [0.25, 0.3) is 0 Å². The number of rotatable bonds is 61. The quantitative estimate of drug-likeness (QED) is 0.0261. The van der Waals surface area contributed by atoms with Gasteiger partial charge in [-0.2, -0.15) is 0 Å². The molecular weight excluding hydrogens is 889 g/mol. The third kappa shape index (κ3) is 59.0. The van der Waals surface area contributed by atoms with E-state index in [0.717, 1.165) is 57.8 Å². The minimum atomic E-state index is -0.768. The maximum atomic E-state index is 12.9. The van der Waals surface area contributed by atoms with Crippen LogP contribution in [0.15, 0.2) is 12.2 Å². The van der Waals surface area contributed by atoms with E-state index in [9.17, 15) is 14.4 Å². The molecule has 0 saturated carbocycles. The molecule has 0 aliphatic carbocycles. The van der Waals surface area contributed by atoms with Gasteiger partial charge in [-0.05, 0) is 44.9 Å². The molecule has 426 valence electrons. The van der Waals surface area contributed by atoms with Crippen LogP contribution >= 0.6 is 0 Å². The summed E-state index contributed by atoms with van der Waals surface area (Å²) in [6.45, 7) is 6.72. The highest BCUT2D eigenvalue weighted by atomic mass is 16.6. The Balaban J connectivity index is 4.30. The largest absolute Gasteiger partial charge is 0.462 e. The maximum Gasteiger partial charge on any atom is 0.306 e. The standard InChI is InChI=1S/C66H126O6/c1-4-7-10-13-16-19-22-25-28-31-33-36-38-41-44-47-50-53-56-59-65(68)71-62-63(61-70-64(67)58-55-52-49-46-43-40-37-34-30-27-24-21-18-15-12-9-6-3)72-66(69)60-57-54-51-48-45-42-39-35-32-29-26-23-20-17-14-11-8-5-2/h29,32,63H,4-28,30-31,33-62H2,1-3H3/b32-29-. The van der Waals surface area contributed by atoms with Gasteiger partial charge in [-0.3, -0.25) is 14.4 Å². The minimum absolute atomic E-state index is 0.0651. The van der Waals surface area contributed by atoms with Crippen LogP contribution in [0.3, 0.4) is 0 Å². The second kappa shape index (κ2) is 61.7. The summed E-state index contributed by atoms with van der Waals surface area (Å²) in [5.41, 5.74) is 0. The first-order valence-corrected chi connectivity index (χ1v) is 32.7. The zero-order valence-corrected chi connectivity index (χ0v) is 49.0. The highest BCUT2D eigenvalue weighted by Gasteiger charge is 2.19. The molecule has 0 amide bonds. The van der Waals surface area contributed by atoms with Crippen molar-refractivity contribution in [2.45, 2.75) is 380 Å². The normalized spacial score (nSPS) is 12.0. The Hall–Kier alpha value is -1.85. The lowest BCUT2D eigenvalue weighted by atomic mass is 10.0. The second-order valence-corrected chi connectivity index (χ2v) is 22.4. The van der Waals surface area contributed by atoms with Crippen molar-refractivity contribution in [2.24, 2.45) is 0 Å². The lowest BCUT2D eigenvalue weighted by molar-refractivity contribution is -0.167. The summed E-state index contributed by atoms with van der Waals surface area (Å²) in [5, 5.41) is 0. The predicted molar refractivity (Wildman–Crippen MR) is 312 cm³/mol. The van der Waals surface area contributed by atoms with Gasteiger partial charge in [0, 0.05) is 19.3 Å². The van der Waals surface area contributed by atoms with Crippen LogP contribution in [0.1, 0.15) is 374 Å². The number of hydrogen-bond donors (Lipinski definition) is 0. The van der Waals surface area contributed by atoms with Gasteiger partial charge in [-0.1, -0.05) is 322 Å². The predicted octanol–water partition coefficient (Wildman–Crippen LogP) is 22.1. The molecule has 0 aromatic carbocycles. The molecule has 1 atom stereocenters. The van der Waals surface area contributed by atoms with E-state index in [1.54, 1.807) is 0 Å². The van der Waals surface area contributed by atoms with E-state index < -0.39 is 6.10 Å². The highest BCUT2D eigenvalue weighted by Crippen LogP contribution is 2.18. The van der Waals surface area contributed by atoms with Crippen molar-refractivity contribution >= 4 is 17.9 Å². The van der Waals surface area contributed by atoms with Crippen LogP contribution < -0.4 is 0 Å². The van der Waals surface area contributed by atoms with Crippen LogP contribution in [-0.4, -0.2) is 37.2 Å². The molecule has 0 fully saturated rings. The Kier molecular flexibility index (Phi) is 60.1. The number of allylic oxidation sites excluding steroid dienone is 2. The molecule has 1 unspecified atom stereocenters. The summed E-state index contributed by atoms with van der Waals surface area (Å²) in [6.07, 6.45) is 72.1. The molecule has 0 saturated heterocycles. The van der Waals surface area contributed by atoms with Crippen molar-refractivity contribution in [3.63, 3.8) is 0 Å². The third-order valence-corrected chi connectivity index (χ3v) is 15.0. The first-order chi connectivity index (χ1) is 35.5. The number of esters is 3. The number of carbonyl (C=O) groups is 3. The van der Waals surface area contributed by atoms with Gasteiger partial charge in [-0.25, -0.2) is 0 Å². The maximum absolute atomic E-state index is 12.9. The Bertz CT molecular complexity index is 1120. The van der Waals surface area contributed by atoms with E-state index >= 15 is 0 Å². The molecular formula is C66H126O6. The van der Waals surface area contributed by atoms with E-state index in [-0.39, 0.29) is 31.1 Å². The van der Waals surface area contributed by atoms with E-state index in [2.05, 4.69) is 32.9 Å². The lowest BCUT2D eigenvalue weighted by Crippen LogP contribution is -2.30. The van der Waals surface area contributed by atoms with Gasteiger partial charge in [0.1, 0.15) is 13.2 Å². The Morgan fingerprint density at radius 2 is 0.458 bits per heavy atom. The first-order valence-electron chi connectivity index (χ1n) is 32.7. The minimum Gasteiger partial charge on any atom is -0.462 e. The van der Waals surface area contributed by atoms with Gasteiger partial charge >= 0.3 is 17.9 Å². The molecule has 6 nitrogen and oxygen atoms in total. The molecule has 0 N–H and O–H groups in total. The van der Waals surface area contributed by atoms with Crippen LogP contribution in [0, 0.1) is 0 Å². The second-order valence-electron chi connectivity index (χ2n) is 22.4. The highest BCUT2D eigenvalue weighted by molar-refractivity contribution is 5.71. The topological polar surface area (TPSA) is 78.9 Å². The SMILES string of the molecule is CCCCCCCCC/C=C\CCCCCCCCCC(=O)OC(COC(=O)CCCCCCCCCCCCCCCCCCC)COC(=O)CCCCCCCCCCCCCCCCCCCCC. The molecule has 0 radical (unpaired) electrons. The Morgan fingerprint density at radius 1 is 0.264 bits per heavy atom. The average molecular weight is 1020 g/mol. The summed E-state index contributed by atoms with van der Waals surface area (Å²) in [7, 11) is 0. The van der Waals surface area contributed by atoms with E-state index in [0.29, 0.717) is 19.3 Å². The molecule has 0 spiro atoms. The van der Waals surface area contributed by atoms with Crippen molar-refractivity contribution in [2.75, 3.05) is 13.2 Å².